The van der Waals surface area contributed by atoms with Crippen molar-refractivity contribution < 1.29 is 28.6 Å². The maximum absolute atomic E-state index is 13.0. The maximum atomic E-state index is 13.0. The Morgan fingerprint density at radius 1 is 1.05 bits per heavy atom. The molecular weight excluding hydrogens is 539 g/mol. The molecule has 2 aliphatic heterocycles. The van der Waals surface area contributed by atoms with Crippen molar-refractivity contribution in [1.82, 2.24) is 4.90 Å². The Morgan fingerprint density at radius 3 is 2.70 bits per heavy atom. The van der Waals surface area contributed by atoms with Gasteiger partial charge in [-0.3, -0.25) is 19.3 Å². The Balaban J connectivity index is 1.26. The number of hydrogen-bond acceptors (Lipinski definition) is 7. The quantitative estimate of drug-likeness (QED) is 0.358. The van der Waals surface area contributed by atoms with Gasteiger partial charge in [0, 0.05) is 32.9 Å². The number of amides is 3. The van der Waals surface area contributed by atoms with Gasteiger partial charge in [-0.15, -0.1) is 0 Å². The third-order valence-electron chi connectivity index (χ3n) is 5.44. The van der Waals surface area contributed by atoms with E-state index in [9.17, 15) is 14.4 Å². The van der Waals surface area contributed by atoms with Crippen LogP contribution in [0.15, 0.2) is 65.6 Å². The molecule has 0 aliphatic carbocycles. The third kappa shape index (κ3) is 5.69. The number of nitrogens with zero attached hydrogens (tertiary/aromatic N) is 1. The molecule has 1 saturated heterocycles. The van der Waals surface area contributed by atoms with Crippen molar-refractivity contribution in [3.05, 3.63) is 86.7 Å². The number of para-hydroxylation sites is 1. The molecule has 188 valence electrons. The van der Waals surface area contributed by atoms with E-state index in [0.717, 1.165) is 22.2 Å². The van der Waals surface area contributed by atoms with E-state index >= 15 is 0 Å². The molecule has 3 aromatic rings. The van der Waals surface area contributed by atoms with Crippen LogP contribution in [0.25, 0.3) is 6.08 Å². The molecule has 0 saturated carbocycles. The number of rotatable bonds is 7. The van der Waals surface area contributed by atoms with Crippen LogP contribution in [0.4, 0.5) is 10.5 Å². The van der Waals surface area contributed by atoms with Crippen LogP contribution in [0.2, 0.25) is 10.0 Å². The van der Waals surface area contributed by atoms with Gasteiger partial charge in [-0.2, -0.15) is 0 Å². The number of fused-ring (bicyclic) bond motifs is 1. The number of hydrogen-bond donors (Lipinski definition) is 1. The van der Waals surface area contributed by atoms with Crippen molar-refractivity contribution in [3.63, 3.8) is 0 Å². The monoisotopic (exact) mass is 556 g/mol. The van der Waals surface area contributed by atoms with Gasteiger partial charge in [0.15, 0.2) is 11.5 Å². The summed E-state index contributed by atoms with van der Waals surface area (Å²) in [5, 5.41) is 3.13. The van der Waals surface area contributed by atoms with Crippen LogP contribution in [-0.4, -0.2) is 35.3 Å². The summed E-state index contributed by atoms with van der Waals surface area (Å²) in [7, 11) is 0. The summed E-state index contributed by atoms with van der Waals surface area (Å²) in [4.78, 5) is 39.1. The third-order valence-corrected chi connectivity index (χ3v) is 6.93. The van der Waals surface area contributed by atoms with Crippen LogP contribution < -0.4 is 19.5 Å². The van der Waals surface area contributed by atoms with E-state index in [1.165, 1.54) is 0 Å². The Bertz CT molecular complexity index is 1440. The van der Waals surface area contributed by atoms with Crippen LogP contribution >= 0.6 is 35.0 Å². The van der Waals surface area contributed by atoms with Gasteiger partial charge >= 0.3 is 0 Å². The topological polar surface area (TPSA) is 94.2 Å². The molecule has 3 amide bonds. The Kier molecular flexibility index (Phi) is 7.27. The first kappa shape index (κ1) is 25.0. The second kappa shape index (κ2) is 10.8. The second-order valence-corrected chi connectivity index (χ2v) is 9.78. The maximum Gasteiger partial charge on any atom is 0.294 e. The largest absolute Gasteiger partial charge is 0.488 e. The summed E-state index contributed by atoms with van der Waals surface area (Å²) < 4.78 is 16.5. The van der Waals surface area contributed by atoms with E-state index < -0.39 is 23.6 Å². The lowest BCUT2D eigenvalue weighted by molar-refractivity contribution is -0.127. The highest BCUT2D eigenvalue weighted by atomic mass is 35.5. The van der Waals surface area contributed by atoms with Crippen molar-refractivity contribution >= 4 is 63.8 Å². The number of nitrogens with one attached hydrogen (secondary N) is 1. The van der Waals surface area contributed by atoms with E-state index in [2.05, 4.69) is 5.32 Å². The van der Waals surface area contributed by atoms with E-state index in [4.69, 9.17) is 37.4 Å². The molecular formula is C26H18Cl2N2O6S. The predicted octanol–water partition coefficient (Wildman–Crippen LogP) is 5.98. The Morgan fingerprint density at radius 2 is 1.86 bits per heavy atom. The van der Waals surface area contributed by atoms with Crippen molar-refractivity contribution in [2.75, 3.05) is 18.7 Å². The van der Waals surface area contributed by atoms with Crippen LogP contribution in [0, 0.1) is 0 Å². The van der Waals surface area contributed by atoms with E-state index in [1.807, 2.05) is 0 Å². The lowest BCUT2D eigenvalue weighted by Crippen LogP contribution is -2.36. The number of imide groups is 1. The number of halogens is 2. The lowest BCUT2D eigenvalue weighted by Gasteiger charge is -2.13. The van der Waals surface area contributed by atoms with Gasteiger partial charge in [0.2, 0.25) is 12.7 Å². The van der Waals surface area contributed by atoms with Gasteiger partial charge in [-0.1, -0.05) is 47.5 Å². The highest BCUT2D eigenvalue weighted by Crippen LogP contribution is 2.36. The molecule has 1 fully saturated rings. The van der Waals surface area contributed by atoms with Crippen molar-refractivity contribution in [3.8, 4) is 17.2 Å². The van der Waals surface area contributed by atoms with Crippen LogP contribution in [0.1, 0.15) is 11.1 Å². The summed E-state index contributed by atoms with van der Waals surface area (Å²) in [5.41, 5.74) is 1.81. The van der Waals surface area contributed by atoms with E-state index in [1.54, 1.807) is 66.7 Å². The molecule has 8 nitrogen and oxygen atoms in total. The van der Waals surface area contributed by atoms with Crippen LogP contribution in [0.3, 0.4) is 0 Å². The summed E-state index contributed by atoms with van der Waals surface area (Å²) in [6.45, 7) is -0.134. The number of ether oxygens (including phenoxy) is 3. The molecule has 0 spiro atoms. The van der Waals surface area contributed by atoms with Gasteiger partial charge in [0.1, 0.15) is 18.9 Å². The molecule has 0 unspecified atom stereocenters. The fourth-order valence-electron chi connectivity index (χ4n) is 3.62. The zero-order chi connectivity index (χ0) is 25.9. The van der Waals surface area contributed by atoms with Crippen molar-refractivity contribution in [2.45, 2.75) is 6.61 Å². The molecule has 0 atom stereocenters. The number of anilines is 1. The fourth-order valence-corrected chi connectivity index (χ4v) is 4.91. The average Bonchev–Trinajstić information content (AvgIpc) is 3.44. The minimum absolute atomic E-state index is 0.110. The molecule has 1 N–H and O–H groups in total. The molecule has 0 aromatic heterocycles. The molecule has 0 bridgehead atoms. The first-order valence-corrected chi connectivity index (χ1v) is 12.6. The van der Waals surface area contributed by atoms with E-state index in [0.29, 0.717) is 38.5 Å². The van der Waals surface area contributed by atoms with Crippen LogP contribution in [0.5, 0.6) is 17.2 Å². The molecule has 2 heterocycles. The molecule has 5 rings (SSSR count). The zero-order valence-electron chi connectivity index (χ0n) is 19.0. The van der Waals surface area contributed by atoms with E-state index in [-0.39, 0.29) is 18.3 Å². The van der Waals surface area contributed by atoms with Gasteiger partial charge in [0.05, 0.1) is 4.91 Å². The zero-order valence-corrected chi connectivity index (χ0v) is 21.4. The second-order valence-electron chi connectivity index (χ2n) is 7.95. The number of benzene rings is 3. The van der Waals surface area contributed by atoms with Gasteiger partial charge in [0.25, 0.3) is 11.1 Å². The number of carbonyl (C=O) groups excluding carboxylic acids is 3. The van der Waals surface area contributed by atoms with Gasteiger partial charge in [-0.25, -0.2) is 0 Å². The molecule has 3 aromatic carbocycles. The first-order chi connectivity index (χ1) is 17.9. The standard InChI is InChI=1S/C26H18Cl2N2O6S/c27-17-6-5-16(19(28)10-17)13-34-20-4-2-1-3-15(20)9-23-25(32)30(26(33)37-23)12-24(31)29-18-7-8-21-22(11-18)36-14-35-21/h1-11H,12-14H2,(H,29,31)/b23-9+. The lowest BCUT2D eigenvalue weighted by atomic mass is 10.1. The van der Waals surface area contributed by atoms with Gasteiger partial charge < -0.3 is 19.5 Å². The smallest absolute Gasteiger partial charge is 0.294 e. The minimum Gasteiger partial charge on any atom is -0.488 e. The number of thioether (sulfide) groups is 1. The molecule has 2 aliphatic rings. The SMILES string of the molecule is O=C(CN1C(=O)S/C(=C/c2ccccc2OCc2ccc(Cl)cc2Cl)C1=O)Nc1ccc2c(c1)OCO2. The normalized spacial score (nSPS) is 15.4. The molecule has 0 radical (unpaired) electrons. The van der Waals surface area contributed by atoms with Gasteiger partial charge in [-0.05, 0) is 48.2 Å². The summed E-state index contributed by atoms with van der Waals surface area (Å²) in [6.07, 6.45) is 1.57. The predicted molar refractivity (Wildman–Crippen MR) is 141 cm³/mol. The highest BCUT2D eigenvalue weighted by Gasteiger charge is 2.36. The van der Waals surface area contributed by atoms with Crippen LogP contribution in [-0.2, 0) is 16.2 Å². The Labute approximate surface area is 226 Å². The Hall–Kier alpha value is -3.66. The van der Waals surface area contributed by atoms with Crippen molar-refractivity contribution in [1.29, 1.82) is 0 Å². The summed E-state index contributed by atoms with van der Waals surface area (Å²) >= 11 is 12.9. The summed E-state index contributed by atoms with van der Waals surface area (Å²) in [5.74, 6) is 0.499. The number of carbonyl (C=O) groups is 3. The summed E-state index contributed by atoms with van der Waals surface area (Å²) in [6, 6.07) is 17.1. The molecule has 11 heteroatoms. The average molecular weight is 557 g/mol. The minimum atomic E-state index is -0.564. The highest BCUT2D eigenvalue weighted by molar-refractivity contribution is 8.18. The first-order valence-electron chi connectivity index (χ1n) is 11.0. The fraction of sp³-hybridized carbons (Fsp3) is 0.115. The molecule has 37 heavy (non-hydrogen) atoms. The van der Waals surface area contributed by atoms with Crippen molar-refractivity contribution in [2.24, 2.45) is 0 Å².